The van der Waals surface area contributed by atoms with E-state index in [4.69, 9.17) is 10.2 Å². The Hall–Kier alpha value is -1.14. The summed E-state index contributed by atoms with van der Waals surface area (Å²) >= 11 is 0. The third-order valence-electron chi connectivity index (χ3n) is 2.06. The van der Waals surface area contributed by atoms with Crippen molar-refractivity contribution in [2.24, 2.45) is 5.41 Å². The van der Waals surface area contributed by atoms with Crippen LogP contribution in [-0.4, -0.2) is 47.8 Å². The summed E-state index contributed by atoms with van der Waals surface area (Å²) in [5, 5.41) is 22.6. The molecule has 0 rings (SSSR count). The number of amides is 2. The molecule has 4 N–H and O–H groups in total. The Kier molecular flexibility index (Phi) is 6.75. The van der Waals surface area contributed by atoms with E-state index in [1.54, 1.807) is 20.8 Å². The second-order valence-corrected chi connectivity index (χ2v) is 4.90. The van der Waals surface area contributed by atoms with Crippen LogP contribution in [-0.2, 0) is 9.59 Å². The van der Waals surface area contributed by atoms with Crippen molar-refractivity contribution < 1.29 is 19.8 Å². The Morgan fingerprint density at radius 1 is 1.24 bits per heavy atom. The quantitative estimate of drug-likeness (QED) is 0.483. The van der Waals surface area contributed by atoms with Crippen LogP contribution >= 0.6 is 0 Å². The van der Waals surface area contributed by atoms with Crippen molar-refractivity contribution in [2.45, 2.75) is 33.3 Å². The molecular weight excluding hydrogens is 224 g/mol. The van der Waals surface area contributed by atoms with Gasteiger partial charge in [-0.15, -0.1) is 0 Å². The van der Waals surface area contributed by atoms with Gasteiger partial charge in [-0.1, -0.05) is 20.8 Å². The molecule has 1 atom stereocenters. The van der Waals surface area contributed by atoms with Crippen LogP contribution in [0.3, 0.4) is 0 Å². The second-order valence-electron chi connectivity index (χ2n) is 4.90. The molecule has 0 saturated carbocycles. The zero-order valence-electron chi connectivity index (χ0n) is 10.6. The van der Waals surface area contributed by atoms with E-state index in [0.29, 0.717) is 0 Å². The molecule has 0 aliphatic carbocycles. The summed E-state index contributed by atoms with van der Waals surface area (Å²) in [7, 11) is 0. The molecule has 100 valence electrons. The van der Waals surface area contributed by atoms with Crippen LogP contribution < -0.4 is 10.6 Å². The Bertz CT molecular complexity index is 261. The van der Waals surface area contributed by atoms with Gasteiger partial charge in [0, 0.05) is 24.9 Å². The molecule has 0 aliphatic rings. The zero-order valence-corrected chi connectivity index (χ0v) is 10.6. The minimum Gasteiger partial charge on any atom is -0.394 e. The fraction of sp³-hybridized carbons (Fsp3) is 0.818. The van der Waals surface area contributed by atoms with Crippen molar-refractivity contribution in [2.75, 3.05) is 19.7 Å². The molecule has 0 radical (unpaired) electrons. The average molecular weight is 246 g/mol. The highest BCUT2D eigenvalue weighted by Crippen LogP contribution is 2.11. The first-order chi connectivity index (χ1) is 7.77. The topological polar surface area (TPSA) is 98.7 Å². The van der Waals surface area contributed by atoms with Gasteiger partial charge in [0.05, 0.1) is 12.7 Å². The molecule has 0 aromatic carbocycles. The van der Waals surface area contributed by atoms with Crippen molar-refractivity contribution in [3.8, 4) is 0 Å². The molecule has 0 spiro atoms. The predicted molar refractivity (Wildman–Crippen MR) is 63.2 cm³/mol. The zero-order chi connectivity index (χ0) is 13.5. The second kappa shape index (κ2) is 7.24. The molecule has 0 saturated heterocycles. The Morgan fingerprint density at radius 2 is 1.82 bits per heavy atom. The summed E-state index contributed by atoms with van der Waals surface area (Å²) in [6.07, 6.45) is -0.789. The largest absolute Gasteiger partial charge is 0.394 e. The maximum Gasteiger partial charge on any atom is 0.225 e. The Labute approximate surface area is 101 Å². The van der Waals surface area contributed by atoms with Gasteiger partial charge in [-0.25, -0.2) is 0 Å². The van der Waals surface area contributed by atoms with Crippen LogP contribution in [0.25, 0.3) is 0 Å². The standard InChI is InChI=1S/C11H22N2O4/c1-11(2,3)10(17)12-5-4-9(16)13-6-8(15)7-14/h8,14-15H,4-7H2,1-3H3,(H,12,17)(H,13,16). The van der Waals surface area contributed by atoms with Gasteiger partial charge in [0.1, 0.15) is 0 Å². The minimum absolute atomic E-state index is 0.0164. The van der Waals surface area contributed by atoms with Crippen LogP contribution in [0.15, 0.2) is 0 Å². The van der Waals surface area contributed by atoms with Gasteiger partial charge in [0.25, 0.3) is 0 Å². The van der Waals surface area contributed by atoms with Crippen LogP contribution in [0.1, 0.15) is 27.2 Å². The third kappa shape index (κ3) is 7.70. The van der Waals surface area contributed by atoms with Gasteiger partial charge in [-0.3, -0.25) is 9.59 Å². The number of hydrogen-bond donors (Lipinski definition) is 4. The molecule has 0 aromatic heterocycles. The minimum atomic E-state index is -0.942. The first kappa shape index (κ1) is 15.9. The number of nitrogens with one attached hydrogen (secondary N) is 2. The lowest BCUT2D eigenvalue weighted by Gasteiger charge is -2.17. The lowest BCUT2D eigenvalue weighted by molar-refractivity contribution is -0.128. The van der Waals surface area contributed by atoms with Gasteiger partial charge >= 0.3 is 0 Å². The van der Waals surface area contributed by atoms with Gasteiger partial charge < -0.3 is 20.8 Å². The third-order valence-corrected chi connectivity index (χ3v) is 2.06. The van der Waals surface area contributed by atoms with Crippen LogP contribution in [0, 0.1) is 5.41 Å². The van der Waals surface area contributed by atoms with E-state index in [1.165, 1.54) is 0 Å². The summed E-state index contributed by atoms with van der Waals surface area (Å²) in [5.41, 5.74) is -0.469. The van der Waals surface area contributed by atoms with E-state index < -0.39 is 11.5 Å². The van der Waals surface area contributed by atoms with Crippen LogP contribution in [0.5, 0.6) is 0 Å². The average Bonchev–Trinajstić information content (AvgIpc) is 2.24. The van der Waals surface area contributed by atoms with E-state index in [1.807, 2.05) is 0 Å². The number of aliphatic hydroxyl groups is 2. The maximum absolute atomic E-state index is 11.4. The molecule has 0 bridgehead atoms. The molecule has 1 unspecified atom stereocenters. The highest BCUT2D eigenvalue weighted by Gasteiger charge is 2.20. The molecule has 6 nitrogen and oxygen atoms in total. The molecule has 2 amide bonds. The van der Waals surface area contributed by atoms with Crippen molar-refractivity contribution in [1.29, 1.82) is 0 Å². The van der Waals surface area contributed by atoms with Crippen LogP contribution in [0.4, 0.5) is 0 Å². The van der Waals surface area contributed by atoms with Crippen LogP contribution in [0.2, 0.25) is 0 Å². The molecule has 0 aliphatic heterocycles. The lowest BCUT2D eigenvalue weighted by Crippen LogP contribution is -2.39. The monoisotopic (exact) mass is 246 g/mol. The lowest BCUT2D eigenvalue weighted by atomic mass is 9.96. The number of hydrogen-bond acceptors (Lipinski definition) is 4. The summed E-state index contributed by atoms with van der Waals surface area (Å²) in [6.45, 7) is 5.26. The van der Waals surface area contributed by atoms with E-state index in [-0.39, 0.29) is 37.9 Å². The van der Waals surface area contributed by atoms with Crippen molar-refractivity contribution in [3.05, 3.63) is 0 Å². The van der Waals surface area contributed by atoms with E-state index in [0.717, 1.165) is 0 Å². The fourth-order valence-electron chi connectivity index (χ4n) is 0.939. The number of rotatable bonds is 6. The molecule has 0 fully saturated rings. The predicted octanol–water partition coefficient (Wildman–Crippen LogP) is -0.992. The van der Waals surface area contributed by atoms with Gasteiger partial charge in [0.2, 0.25) is 11.8 Å². The van der Waals surface area contributed by atoms with Gasteiger partial charge in [-0.2, -0.15) is 0 Å². The smallest absolute Gasteiger partial charge is 0.225 e. The van der Waals surface area contributed by atoms with Crippen molar-refractivity contribution in [3.63, 3.8) is 0 Å². The van der Waals surface area contributed by atoms with Gasteiger partial charge in [0.15, 0.2) is 0 Å². The number of carbonyl (C=O) groups excluding carboxylic acids is 2. The van der Waals surface area contributed by atoms with Crippen molar-refractivity contribution in [1.82, 2.24) is 10.6 Å². The first-order valence-corrected chi connectivity index (χ1v) is 5.61. The Morgan fingerprint density at radius 3 is 2.29 bits per heavy atom. The molecular formula is C11H22N2O4. The molecule has 0 heterocycles. The summed E-state index contributed by atoms with van der Waals surface area (Å²) in [6, 6.07) is 0. The van der Waals surface area contributed by atoms with Gasteiger partial charge in [-0.05, 0) is 0 Å². The fourth-order valence-corrected chi connectivity index (χ4v) is 0.939. The normalized spacial score (nSPS) is 13.0. The maximum atomic E-state index is 11.4. The Balaban J connectivity index is 3.69. The summed E-state index contributed by atoms with van der Waals surface area (Å²) in [5.74, 6) is -0.382. The summed E-state index contributed by atoms with van der Waals surface area (Å²) < 4.78 is 0. The van der Waals surface area contributed by atoms with Crippen molar-refractivity contribution >= 4 is 11.8 Å². The molecule has 17 heavy (non-hydrogen) atoms. The first-order valence-electron chi connectivity index (χ1n) is 5.61. The highest BCUT2D eigenvalue weighted by atomic mass is 16.3. The van der Waals surface area contributed by atoms with E-state index in [9.17, 15) is 9.59 Å². The summed E-state index contributed by atoms with van der Waals surface area (Å²) in [4.78, 5) is 22.7. The number of carbonyl (C=O) groups is 2. The SMILES string of the molecule is CC(C)(C)C(=O)NCCC(=O)NCC(O)CO. The molecule has 6 heteroatoms. The number of aliphatic hydroxyl groups excluding tert-OH is 2. The van der Waals surface area contributed by atoms with E-state index >= 15 is 0 Å². The van der Waals surface area contributed by atoms with E-state index in [2.05, 4.69) is 10.6 Å². The molecule has 0 aromatic rings. The highest BCUT2D eigenvalue weighted by molar-refractivity contribution is 5.82.